The Morgan fingerprint density at radius 2 is 1.72 bits per heavy atom. The van der Waals surface area contributed by atoms with E-state index >= 15 is 0 Å². The van der Waals surface area contributed by atoms with Gasteiger partial charge in [-0.25, -0.2) is 9.37 Å². The van der Waals surface area contributed by atoms with Crippen LogP contribution in [0.4, 0.5) is 4.39 Å². The number of hydrogen-bond donors (Lipinski definition) is 2. The first-order chi connectivity index (χ1) is 17.4. The van der Waals surface area contributed by atoms with Crippen molar-refractivity contribution in [3.05, 3.63) is 64.4 Å². The van der Waals surface area contributed by atoms with Gasteiger partial charge in [0.2, 0.25) is 11.8 Å². The fraction of sp³-hybridized carbons (Fsp3) is 0.240. The second kappa shape index (κ2) is 10.8. The van der Waals surface area contributed by atoms with Crippen LogP contribution in [0.1, 0.15) is 24.1 Å². The molecule has 0 spiro atoms. The van der Waals surface area contributed by atoms with Crippen molar-refractivity contribution < 1.29 is 33.2 Å². The lowest BCUT2D eigenvalue weighted by molar-refractivity contribution is 0.131. The summed E-state index contributed by atoms with van der Waals surface area (Å²) < 4.78 is 36.4. The summed E-state index contributed by atoms with van der Waals surface area (Å²) in [5.74, 6) is -0.837. The average Bonchev–Trinajstić information content (AvgIpc) is 3.32. The van der Waals surface area contributed by atoms with Gasteiger partial charge >= 0.3 is 0 Å². The first kappa shape index (κ1) is 25.2. The Morgan fingerprint density at radius 1 is 1.00 bits per heavy atom. The van der Waals surface area contributed by atoms with Crippen molar-refractivity contribution in [1.82, 2.24) is 15.2 Å². The normalized spacial score (nSPS) is 11.0. The summed E-state index contributed by atoms with van der Waals surface area (Å²) in [5.41, 5.74) is 0.920. The van der Waals surface area contributed by atoms with Crippen LogP contribution >= 0.6 is 11.6 Å². The van der Waals surface area contributed by atoms with Gasteiger partial charge in [-0.15, -0.1) is 10.2 Å². The molecule has 4 rings (SSSR count). The third-order valence-electron chi connectivity index (χ3n) is 5.38. The first-order valence-electron chi connectivity index (χ1n) is 10.9. The highest BCUT2D eigenvalue weighted by Gasteiger charge is 2.29. The molecule has 9 nitrogen and oxygen atoms in total. The molecule has 0 saturated carbocycles. The van der Waals surface area contributed by atoms with Crippen LogP contribution in [0.15, 0.2) is 40.8 Å². The molecule has 0 aliphatic rings. The Labute approximate surface area is 211 Å². The average molecular weight is 516 g/mol. The van der Waals surface area contributed by atoms with E-state index in [1.165, 1.54) is 26.4 Å². The standard InChI is InChI=1S/C25H23ClFN3O6/c1-4-35-12-16-20(21-17(33-2)6-5-7-18(21)34-3)23(31)22(24(32)28-16)25-30-29-19(36-25)10-13-8-9-14(26)11-15(13)27/h5-9,11H,4,10,12H2,1-3H3,(H2,28,31,32). The minimum Gasteiger partial charge on any atom is -0.506 e. The third kappa shape index (κ3) is 4.91. The van der Waals surface area contributed by atoms with E-state index in [0.717, 1.165) is 0 Å². The number of nitrogens with zero attached hydrogens (tertiary/aromatic N) is 3. The second-order valence-corrected chi connectivity index (χ2v) is 8.01. The number of rotatable bonds is 9. The van der Waals surface area contributed by atoms with Gasteiger partial charge in [0.05, 0.1) is 44.1 Å². The lowest BCUT2D eigenvalue weighted by Crippen LogP contribution is -2.03. The van der Waals surface area contributed by atoms with Gasteiger partial charge in [-0.3, -0.25) is 0 Å². The van der Waals surface area contributed by atoms with E-state index in [1.54, 1.807) is 31.2 Å². The van der Waals surface area contributed by atoms with Gasteiger partial charge in [0, 0.05) is 11.6 Å². The van der Waals surface area contributed by atoms with Crippen molar-refractivity contribution in [2.75, 3.05) is 20.8 Å². The molecule has 0 bridgehead atoms. The first-order valence-corrected chi connectivity index (χ1v) is 11.3. The van der Waals surface area contributed by atoms with E-state index in [2.05, 4.69) is 15.2 Å². The molecule has 2 N–H and O–H groups in total. The van der Waals surface area contributed by atoms with Crippen molar-refractivity contribution in [3.63, 3.8) is 0 Å². The van der Waals surface area contributed by atoms with E-state index < -0.39 is 17.4 Å². The van der Waals surface area contributed by atoms with E-state index in [9.17, 15) is 14.6 Å². The number of aromatic hydroxyl groups is 2. The molecule has 0 saturated heterocycles. The highest BCUT2D eigenvalue weighted by molar-refractivity contribution is 6.30. The van der Waals surface area contributed by atoms with Gasteiger partial charge in [0.25, 0.3) is 5.89 Å². The Bertz CT molecular complexity index is 1370. The van der Waals surface area contributed by atoms with Crippen LogP contribution in [-0.2, 0) is 17.8 Å². The summed E-state index contributed by atoms with van der Waals surface area (Å²) >= 11 is 5.81. The number of halogens is 2. The maximum absolute atomic E-state index is 14.2. The molecule has 0 atom stereocenters. The molecule has 0 aliphatic heterocycles. The van der Waals surface area contributed by atoms with Gasteiger partial charge in [0.15, 0.2) is 0 Å². The summed E-state index contributed by atoms with van der Waals surface area (Å²) in [7, 11) is 2.96. The molecule has 2 heterocycles. The molecule has 36 heavy (non-hydrogen) atoms. The molecule has 0 fully saturated rings. The quantitative estimate of drug-likeness (QED) is 0.312. The van der Waals surface area contributed by atoms with Gasteiger partial charge in [-0.1, -0.05) is 23.7 Å². The minimum atomic E-state index is -0.548. The van der Waals surface area contributed by atoms with E-state index in [1.807, 2.05) is 0 Å². The van der Waals surface area contributed by atoms with Crippen molar-refractivity contribution in [3.8, 4) is 45.7 Å². The highest BCUT2D eigenvalue weighted by atomic mass is 35.5. The summed E-state index contributed by atoms with van der Waals surface area (Å²) in [6.45, 7) is 2.17. The molecule has 0 radical (unpaired) electrons. The topological polar surface area (TPSA) is 120 Å². The molecule has 11 heteroatoms. The lowest BCUT2D eigenvalue weighted by atomic mass is 9.98. The van der Waals surface area contributed by atoms with Crippen LogP contribution in [0.25, 0.3) is 22.6 Å². The summed E-state index contributed by atoms with van der Waals surface area (Å²) in [5, 5.41) is 30.3. The largest absolute Gasteiger partial charge is 0.506 e. The van der Waals surface area contributed by atoms with E-state index in [0.29, 0.717) is 23.7 Å². The fourth-order valence-corrected chi connectivity index (χ4v) is 3.88. The van der Waals surface area contributed by atoms with Crippen LogP contribution in [-0.4, -0.2) is 46.2 Å². The number of hydrogen-bond acceptors (Lipinski definition) is 9. The summed E-state index contributed by atoms with van der Waals surface area (Å²) in [6.07, 6.45) is -0.0272. The zero-order valence-electron chi connectivity index (χ0n) is 19.7. The van der Waals surface area contributed by atoms with Crippen molar-refractivity contribution >= 4 is 11.6 Å². The summed E-state index contributed by atoms with van der Waals surface area (Å²) in [4.78, 5) is 4.25. The van der Waals surface area contributed by atoms with Gasteiger partial charge in [-0.05, 0) is 36.8 Å². The number of benzene rings is 2. The number of aromatic nitrogens is 3. The van der Waals surface area contributed by atoms with Crippen LogP contribution in [0, 0.1) is 5.82 Å². The van der Waals surface area contributed by atoms with Gasteiger partial charge in [0.1, 0.15) is 28.6 Å². The molecule has 0 unspecified atom stereocenters. The molecule has 2 aromatic heterocycles. The summed E-state index contributed by atoms with van der Waals surface area (Å²) in [6, 6.07) is 9.35. The van der Waals surface area contributed by atoms with Crippen molar-refractivity contribution in [1.29, 1.82) is 0 Å². The number of pyridine rings is 1. The molecular weight excluding hydrogens is 493 g/mol. The highest BCUT2D eigenvalue weighted by Crippen LogP contribution is 2.49. The third-order valence-corrected chi connectivity index (χ3v) is 5.62. The van der Waals surface area contributed by atoms with Crippen LogP contribution in [0.5, 0.6) is 23.1 Å². The predicted molar refractivity (Wildman–Crippen MR) is 129 cm³/mol. The maximum atomic E-state index is 14.2. The molecule has 0 amide bonds. The smallest absolute Gasteiger partial charge is 0.257 e. The Kier molecular flexibility index (Phi) is 7.56. The van der Waals surface area contributed by atoms with Gasteiger partial charge < -0.3 is 28.8 Å². The van der Waals surface area contributed by atoms with Gasteiger partial charge in [-0.2, -0.15) is 0 Å². The molecule has 188 valence electrons. The Hall–Kier alpha value is -3.89. The number of ether oxygens (including phenoxy) is 3. The van der Waals surface area contributed by atoms with Crippen LogP contribution in [0.2, 0.25) is 5.02 Å². The van der Waals surface area contributed by atoms with Crippen molar-refractivity contribution in [2.45, 2.75) is 20.0 Å². The number of methoxy groups -OCH3 is 2. The van der Waals surface area contributed by atoms with E-state index in [4.69, 9.17) is 30.2 Å². The molecular formula is C25H23ClFN3O6. The zero-order valence-corrected chi connectivity index (χ0v) is 20.5. The monoisotopic (exact) mass is 515 g/mol. The van der Waals surface area contributed by atoms with E-state index in [-0.39, 0.29) is 52.2 Å². The second-order valence-electron chi connectivity index (χ2n) is 7.57. The Morgan fingerprint density at radius 3 is 2.36 bits per heavy atom. The predicted octanol–water partition coefficient (Wildman–Crippen LogP) is 5.15. The molecule has 4 aromatic rings. The molecule has 2 aromatic carbocycles. The molecule has 0 aliphatic carbocycles. The zero-order chi connectivity index (χ0) is 25.8. The Balaban J connectivity index is 1.85. The minimum absolute atomic E-state index is 0.0145. The maximum Gasteiger partial charge on any atom is 0.257 e. The fourth-order valence-electron chi connectivity index (χ4n) is 3.72. The SMILES string of the molecule is CCOCc1nc(O)c(-c2nnc(Cc3ccc(Cl)cc3F)o2)c(O)c1-c1c(OC)cccc1OC. The van der Waals surface area contributed by atoms with Crippen LogP contribution in [0.3, 0.4) is 0 Å². The lowest BCUT2D eigenvalue weighted by Gasteiger charge is -2.18. The van der Waals surface area contributed by atoms with Crippen LogP contribution < -0.4 is 9.47 Å². The van der Waals surface area contributed by atoms with Crippen molar-refractivity contribution in [2.24, 2.45) is 0 Å².